The first-order valence-electron chi connectivity index (χ1n) is 15.8. The maximum Gasteiger partial charge on any atom is 0.246 e. The van der Waals surface area contributed by atoms with E-state index in [1.165, 1.54) is 0 Å². The number of carbonyl (C=O) groups is 1. The molecule has 4 heterocycles. The number of hydrogen-bond donors (Lipinski definition) is 4. The Morgan fingerprint density at radius 1 is 0.889 bits per heavy atom. The van der Waals surface area contributed by atoms with Gasteiger partial charge in [-0.3, -0.25) is 4.79 Å². The number of amides is 1. The zero-order valence-corrected chi connectivity index (χ0v) is 26.1. The third-order valence-corrected chi connectivity index (χ3v) is 8.30. The summed E-state index contributed by atoms with van der Waals surface area (Å²) in [7, 11) is 0. The topological polar surface area (TPSA) is 128 Å². The fourth-order valence-corrected chi connectivity index (χ4v) is 5.84. The first-order chi connectivity index (χ1) is 22.0. The summed E-state index contributed by atoms with van der Waals surface area (Å²) in [4.78, 5) is 40.4. The molecule has 2 aromatic carbocycles. The van der Waals surface area contributed by atoms with Crippen LogP contribution in [0, 0.1) is 5.92 Å². The molecule has 0 saturated carbocycles. The molecule has 0 radical (unpaired) electrons. The number of carbonyl (C=O) groups excluding carboxylic acids is 1. The average molecular weight is 604 g/mol. The summed E-state index contributed by atoms with van der Waals surface area (Å²) in [6.45, 7) is 8.65. The third kappa shape index (κ3) is 6.96. The van der Waals surface area contributed by atoms with Crippen LogP contribution in [0.3, 0.4) is 0 Å². The molecule has 232 valence electrons. The molecule has 45 heavy (non-hydrogen) atoms. The van der Waals surface area contributed by atoms with Crippen molar-refractivity contribution >= 4 is 11.9 Å². The number of rotatable bonds is 12. The molecule has 1 saturated heterocycles. The highest BCUT2D eigenvalue weighted by Gasteiger charge is 2.37. The van der Waals surface area contributed by atoms with Crippen LogP contribution < -0.4 is 10.6 Å². The van der Waals surface area contributed by atoms with Crippen LogP contribution in [-0.2, 0) is 11.3 Å². The average Bonchev–Trinajstić information content (AvgIpc) is 3.85. The van der Waals surface area contributed by atoms with E-state index in [9.17, 15) is 4.79 Å². The molecule has 1 fully saturated rings. The number of nitrogens with zero attached hydrogens (tertiary/aromatic N) is 5. The molecule has 3 aromatic heterocycles. The summed E-state index contributed by atoms with van der Waals surface area (Å²) in [5.41, 5.74) is 6.40. The van der Waals surface area contributed by atoms with Crippen LogP contribution in [0.4, 0.5) is 5.95 Å². The zero-order valence-electron chi connectivity index (χ0n) is 26.1. The van der Waals surface area contributed by atoms with Gasteiger partial charge in [-0.2, -0.15) is 0 Å². The van der Waals surface area contributed by atoms with E-state index in [0.29, 0.717) is 12.5 Å². The first kappa shape index (κ1) is 30.2. The van der Waals surface area contributed by atoms with Crippen molar-refractivity contribution in [2.24, 2.45) is 5.92 Å². The molecule has 1 aliphatic rings. The molecule has 0 spiro atoms. The smallest absolute Gasteiger partial charge is 0.246 e. The minimum atomic E-state index is -0.422. The number of nitrogens with one attached hydrogen (secondary N) is 4. The fraction of sp³-hybridized carbons (Fsp3) is 0.343. The summed E-state index contributed by atoms with van der Waals surface area (Å²) in [5, 5.41) is 6.62. The highest BCUT2D eigenvalue weighted by molar-refractivity contribution is 5.85. The van der Waals surface area contributed by atoms with Crippen molar-refractivity contribution in [3.8, 4) is 33.6 Å². The quantitative estimate of drug-likeness (QED) is 0.125. The van der Waals surface area contributed by atoms with Crippen LogP contribution in [0.2, 0.25) is 0 Å². The Labute approximate surface area is 264 Å². The lowest BCUT2D eigenvalue weighted by molar-refractivity contribution is -0.134. The highest BCUT2D eigenvalue weighted by atomic mass is 16.2. The van der Waals surface area contributed by atoms with E-state index < -0.39 is 6.04 Å². The van der Waals surface area contributed by atoms with Gasteiger partial charge in [0.05, 0.1) is 36.4 Å². The zero-order chi connectivity index (χ0) is 31.2. The van der Waals surface area contributed by atoms with Crippen LogP contribution in [0.25, 0.3) is 33.6 Å². The number of benzene rings is 2. The lowest BCUT2D eigenvalue weighted by atomic mass is 10.0. The van der Waals surface area contributed by atoms with Gasteiger partial charge in [-0.15, -0.1) is 0 Å². The molecule has 6 rings (SSSR count). The second-order valence-electron chi connectivity index (χ2n) is 11.9. The predicted octanol–water partition coefficient (Wildman–Crippen LogP) is 6.22. The first-order valence-corrected chi connectivity index (χ1v) is 15.8. The van der Waals surface area contributed by atoms with Crippen LogP contribution in [0.5, 0.6) is 0 Å². The second-order valence-corrected chi connectivity index (χ2v) is 11.9. The highest BCUT2D eigenvalue weighted by Crippen LogP contribution is 2.33. The summed E-state index contributed by atoms with van der Waals surface area (Å²) in [6, 6.07) is 18.3. The van der Waals surface area contributed by atoms with Gasteiger partial charge >= 0.3 is 0 Å². The van der Waals surface area contributed by atoms with Gasteiger partial charge < -0.3 is 25.5 Å². The van der Waals surface area contributed by atoms with E-state index in [4.69, 9.17) is 4.98 Å². The van der Waals surface area contributed by atoms with Crippen molar-refractivity contribution in [1.29, 1.82) is 0 Å². The maximum absolute atomic E-state index is 13.7. The molecule has 0 bridgehead atoms. The minimum Gasteiger partial charge on any atom is -0.342 e. The molecule has 0 unspecified atom stereocenters. The molecule has 1 amide bonds. The van der Waals surface area contributed by atoms with Crippen molar-refractivity contribution in [3.05, 3.63) is 91.0 Å². The van der Waals surface area contributed by atoms with E-state index in [-0.39, 0.29) is 17.9 Å². The molecular formula is C35H41N9O. The van der Waals surface area contributed by atoms with Crippen LogP contribution >= 0.6 is 0 Å². The predicted molar refractivity (Wildman–Crippen MR) is 177 cm³/mol. The lowest BCUT2D eigenvalue weighted by Gasteiger charge is -2.30. The number of aromatic amines is 2. The van der Waals surface area contributed by atoms with Crippen LogP contribution in [0.1, 0.15) is 57.7 Å². The van der Waals surface area contributed by atoms with Gasteiger partial charge in [0.25, 0.3) is 0 Å². The standard InChI is InChI=1S/C35H41N9O/c1-4-16-36-22-31-39-20-28(41-31)26-12-8-24(9-13-26)25-10-14-27(15-11-25)29-21-40-33(42-29)30-7-5-19-44(30)34(45)32(23(2)3)43-35-37-17-6-18-38-35/h6,8-15,17-18,20-21,23,30,32,36H,4-5,7,16,19,22H2,1-3H3,(H,39,41)(H,40,42)(H,37,38,43)/t30-,32-/m0/s1. The molecule has 4 N–H and O–H groups in total. The Morgan fingerprint density at radius 2 is 1.51 bits per heavy atom. The minimum absolute atomic E-state index is 0.0465. The number of H-pyrrole nitrogens is 2. The van der Waals surface area contributed by atoms with Gasteiger partial charge in [0.15, 0.2) is 0 Å². The normalized spacial score (nSPS) is 15.5. The van der Waals surface area contributed by atoms with Gasteiger partial charge in [0, 0.05) is 18.9 Å². The molecule has 1 aliphatic heterocycles. The summed E-state index contributed by atoms with van der Waals surface area (Å²) in [6.07, 6.45) is 10.0. The van der Waals surface area contributed by atoms with Crippen molar-refractivity contribution in [2.75, 3.05) is 18.4 Å². The summed E-state index contributed by atoms with van der Waals surface area (Å²) >= 11 is 0. The SMILES string of the molecule is CCCNCc1ncc(-c2ccc(-c3ccc(-c4cnc([C@@H]5CCCN5C(=O)[C@@H](Nc5ncccn5)C(C)C)[nH]4)cc3)cc2)[nH]1. The molecule has 10 heteroatoms. The van der Waals surface area contributed by atoms with Crippen molar-refractivity contribution in [1.82, 2.24) is 40.1 Å². The second kappa shape index (κ2) is 13.9. The van der Waals surface area contributed by atoms with Crippen LogP contribution in [0.15, 0.2) is 79.4 Å². The maximum atomic E-state index is 13.7. The van der Waals surface area contributed by atoms with E-state index in [1.54, 1.807) is 18.5 Å². The van der Waals surface area contributed by atoms with Gasteiger partial charge in [-0.05, 0) is 60.0 Å². The number of likely N-dealkylation sites (tertiary alicyclic amines) is 1. The Balaban J connectivity index is 1.12. The Bertz CT molecular complexity index is 1680. The number of aromatic nitrogens is 6. The summed E-state index contributed by atoms with van der Waals surface area (Å²) < 4.78 is 0. The van der Waals surface area contributed by atoms with Gasteiger partial charge in [-0.1, -0.05) is 69.3 Å². The molecule has 2 atom stereocenters. The van der Waals surface area contributed by atoms with Crippen molar-refractivity contribution in [2.45, 2.75) is 58.7 Å². The lowest BCUT2D eigenvalue weighted by Crippen LogP contribution is -2.45. The Hall–Kier alpha value is -4.83. The van der Waals surface area contributed by atoms with Crippen LogP contribution in [-0.4, -0.2) is 59.8 Å². The van der Waals surface area contributed by atoms with E-state index in [2.05, 4.69) is 91.0 Å². The van der Waals surface area contributed by atoms with Gasteiger partial charge in [0.1, 0.15) is 17.7 Å². The Morgan fingerprint density at radius 3 is 2.16 bits per heavy atom. The van der Waals surface area contributed by atoms with Gasteiger partial charge in [0.2, 0.25) is 11.9 Å². The number of imidazole rings is 2. The van der Waals surface area contributed by atoms with Crippen molar-refractivity contribution < 1.29 is 4.79 Å². The fourth-order valence-electron chi connectivity index (χ4n) is 5.84. The van der Waals surface area contributed by atoms with E-state index in [1.807, 2.05) is 31.1 Å². The molecule has 10 nitrogen and oxygen atoms in total. The molecular weight excluding hydrogens is 562 g/mol. The number of hydrogen-bond acceptors (Lipinski definition) is 7. The van der Waals surface area contributed by atoms with E-state index >= 15 is 0 Å². The molecule has 0 aliphatic carbocycles. The number of anilines is 1. The third-order valence-electron chi connectivity index (χ3n) is 8.30. The van der Waals surface area contributed by atoms with Crippen molar-refractivity contribution in [3.63, 3.8) is 0 Å². The summed E-state index contributed by atoms with van der Waals surface area (Å²) in [5.74, 6) is 2.34. The monoisotopic (exact) mass is 603 g/mol. The molecule has 5 aromatic rings. The largest absolute Gasteiger partial charge is 0.342 e. The Kier molecular flexibility index (Phi) is 9.30. The van der Waals surface area contributed by atoms with E-state index in [0.717, 1.165) is 77.6 Å². The van der Waals surface area contributed by atoms with Gasteiger partial charge in [-0.25, -0.2) is 19.9 Å².